The molecule has 1 aromatic carbocycles. The van der Waals surface area contributed by atoms with E-state index in [0.29, 0.717) is 21.6 Å². The second-order valence-electron chi connectivity index (χ2n) is 5.36. The highest BCUT2D eigenvalue weighted by Gasteiger charge is 2.23. The largest absolute Gasteiger partial charge is 0.227 e. The first kappa shape index (κ1) is 13.0. The summed E-state index contributed by atoms with van der Waals surface area (Å²) in [5.74, 6) is 0.233. The minimum atomic E-state index is -0.290. The average molecular weight is 345 g/mol. The van der Waals surface area contributed by atoms with Gasteiger partial charge in [0.1, 0.15) is 5.82 Å². The van der Waals surface area contributed by atoms with Crippen molar-refractivity contribution >= 4 is 21.6 Å². The predicted molar refractivity (Wildman–Crippen MR) is 81.5 cm³/mol. The Labute approximate surface area is 130 Å². The zero-order valence-corrected chi connectivity index (χ0v) is 12.8. The van der Waals surface area contributed by atoms with Crippen LogP contribution in [0.4, 0.5) is 4.39 Å². The fraction of sp³-hybridized carbons (Fsp3) is 0.250. The summed E-state index contributed by atoms with van der Waals surface area (Å²) in [6.45, 7) is 0. The van der Waals surface area contributed by atoms with Crippen LogP contribution < -0.4 is 0 Å². The number of fused-ring (bicyclic) bond motifs is 1. The molecule has 105 valence electrons. The third-order valence-electron chi connectivity index (χ3n) is 4.06. The summed E-state index contributed by atoms with van der Waals surface area (Å²) in [5.41, 5.74) is 2.93. The van der Waals surface area contributed by atoms with Gasteiger partial charge in [0, 0.05) is 27.7 Å². The zero-order chi connectivity index (χ0) is 14.4. The Balaban J connectivity index is 1.86. The van der Waals surface area contributed by atoms with E-state index in [0.717, 1.165) is 11.3 Å². The lowest BCUT2D eigenvalue weighted by atomic mass is 9.83. The van der Waals surface area contributed by atoms with E-state index in [1.165, 1.54) is 25.3 Å². The lowest BCUT2D eigenvalue weighted by Crippen LogP contribution is -2.13. The van der Waals surface area contributed by atoms with Crippen molar-refractivity contribution in [3.8, 4) is 11.3 Å². The number of nitrogens with zero attached hydrogens (tertiary/aromatic N) is 3. The van der Waals surface area contributed by atoms with Crippen LogP contribution in [0.2, 0.25) is 0 Å². The van der Waals surface area contributed by atoms with Crippen molar-refractivity contribution in [2.45, 2.75) is 25.2 Å². The molecule has 3 nitrogen and oxygen atoms in total. The van der Waals surface area contributed by atoms with Crippen LogP contribution in [-0.4, -0.2) is 14.6 Å². The molecule has 0 N–H and O–H groups in total. The third-order valence-corrected chi connectivity index (χ3v) is 4.55. The van der Waals surface area contributed by atoms with E-state index in [4.69, 9.17) is 0 Å². The van der Waals surface area contributed by atoms with Gasteiger partial charge in [-0.05, 0) is 37.1 Å². The fourth-order valence-electron chi connectivity index (χ4n) is 2.69. The Bertz CT molecular complexity index is 824. The highest BCUT2D eigenvalue weighted by Crippen LogP contribution is 2.36. The van der Waals surface area contributed by atoms with E-state index < -0.39 is 0 Å². The van der Waals surface area contributed by atoms with Crippen LogP contribution >= 0.6 is 15.9 Å². The molecular weight excluding hydrogens is 333 g/mol. The summed E-state index contributed by atoms with van der Waals surface area (Å²) < 4.78 is 16.6. The maximum Gasteiger partial charge on any atom is 0.156 e. The summed E-state index contributed by atoms with van der Waals surface area (Å²) in [7, 11) is 0. The smallest absolute Gasteiger partial charge is 0.156 e. The minimum Gasteiger partial charge on any atom is -0.227 e. The SMILES string of the molecule is Fc1cc(Br)ccc1-c1cc2n[c]cc(C3CCC3)n2n1. The summed E-state index contributed by atoms with van der Waals surface area (Å²) >= 11 is 3.27. The molecular formula is C16H12BrFN3. The average Bonchev–Trinajstić information content (AvgIpc) is 2.81. The first-order valence-electron chi connectivity index (χ1n) is 6.94. The van der Waals surface area contributed by atoms with Gasteiger partial charge in [-0.25, -0.2) is 13.9 Å². The molecule has 2 aromatic heterocycles. The number of hydrogen-bond donors (Lipinski definition) is 0. The number of aromatic nitrogens is 3. The molecule has 0 saturated heterocycles. The van der Waals surface area contributed by atoms with Crippen molar-refractivity contribution in [1.29, 1.82) is 0 Å². The predicted octanol–water partition coefficient (Wildman–Crippen LogP) is 4.37. The van der Waals surface area contributed by atoms with Gasteiger partial charge in [0.25, 0.3) is 0 Å². The first-order chi connectivity index (χ1) is 10.2. The number of benzene rings is 1. The molecule has 5 heteroatoms. The van der Waals surface area contributed by atoms with E-state index in [9.17, 15) is 4.39 Å². The molecule has 3 aromatic rings. The van der Waals surface area contributed by atoms with Crippen molar-refractivity contribution in [2.75, 3.05) is 0 Å². The van der Waals surface area contributed by atoms with Gasteiger partial charge in [0.2, 0.25) is 0 Å². The molecule has 1 aliphatic rings. The molecule has 0 atom stereocenters. The molecule has 0 amide bonds. The van der Waals surface area contributed by atoms with E-state index in [1.807, 2.05) is 22.7 Å². The maximum absolute atomic E-state index is 14.1. The quantitative estimate of drug-likeness (QED) is 0.691. The van der Waals surface area contributed by atoms with Gasteiger partial charge in [0.15, 0.2) is 5.65 Å². The molecule has 4 rings (SSSR count). The van der Waals surface area contributed by atoms with Gasteiger partial charge in [-0.2, -0.15) is 5.10 Å². The van der Waals surface area contributed by atoms with Crippen molar-refractivity contribution in [2.24, 2.45) is 0 Å². The highest BCUT2D eigenvalue weighted by molar-refractivity contribution is 9.10. The van der Waals surface area contributed by atoms with Gasteiger partial charge in [-0.3, -0.25) is 0 Å². The molecule has 2 heterocycles. The second kappa shape index (κ2) is 4.91. The second-order valence-corrected chi connectivity index (χ2v) is 6.28. The van der Waals surface area contributed by atoms with Gasteiger partial charge >= 0.3 is 0 Å². The molecule has 21 heavy (non-hydrogen) atoms. The van der Waals surface area contributed by atoms with E-state index >= 15 is 0 Å². The van der Waals surface area contributed by atoms with E-state index in [1.54, 1.807) is 6.07 Å². The Hall–Kier alpha value is -1.75. The Morgan fingerprint density at radius 1 is 1.29 bits per heavy atom. The summed E-state index contributed by atoms with van der Waals surface area (Å²) in [5, 5.41) is 4.56. The molecule has 1 fully saturated rings. The van der Waals surface area contributed by atoms with Gasteiger partial charge in [-0.1, -0.05) is 22.4 Å². The molecule has 0 bridgehead atoms. The Morgan fingerprint density at radius 3 is 2.86 bits per heavy atom. The van der Waals surface area contributed by atoms with Crippen LogP contribution in [0.5, 0.6) is 0 Å². The Morgan fingerprint density at radius 2 is 2.14 bits per heavy atom. The molecule has 1 radical (unpaired) electrons. The zero-order valence-electron chi connectivity index (χ0n) is 11.2. The van der Waals surface area contributed by atoms with Crippen LogP contribution in [0.15, 0.2) is 34.8 Å². The van der Waals surface area contributed by atoms with Crippen LogP contribution in [0.1, 0.15) is 30.9 Å². The number of hydrogen-bond acceptors (Lipinski definition) is 2. The topological polar surface area (TPSA) is 30.2 Å². The fourth-order valence-corrected chi connectivity index (χ4v) is 3.02. The van der Waals surface area contributed by atoms with Gasteiger partial charge in [0.05, 0.1) is 11.9 Å². The maximum atomic E-state index is 14.1. The summed E-state index contributed by atoms with van der Waals surface area (Å²) in [6.07, 6.45) is 6.53. The molecule has 0 unspecified atom stereocenters. The molecule has 1 aliphatic carbocycles. The van der Waals surface area contributed by atoms with E-state index in [-0.39, 0.29) is 5.82 Å². The van der Waals surface area contributed by atoms with Gasteiger partial charge in [-0.15, -0.1) is 0 Å². The molecule has 0 spiro atoms. The van der Waals surface area contributed by atoms with Crippen LogP contribution in [0.3, 0.4) is 0 Å². The highest BCUT2D eigenvalue weighted by atomic mass is 79.9. The first-order valence-corrected chi connectivity index (χ1v) is 7.74. The number of rotatable bonds is 2. The monoisotopic (exact) mass is 344 g/mol. The van der Waals surface area contributed by atoms with Crippen LogP contribution in [0, 0.1) is 12.0 Å². The minimum absolute atomic E-state index is 0.290. The van der Waals surface area contributed by atoms with Crippen molar-refractivity contribution in [1.82, 2.24) is 14.6 Å². The molecule has 0 aliphatic heterocycles. The van der Waals surface area contributed by atoms with E-state index in [2.05, 4.69) is 32.2 Å². The lowest BCUT2D eigenvalue weighted by molar-refractivity contribution is 0.404. The van der Waals surface area contributed by atoms with Crippen molar-refractivity contribution in [3.05, 3.63) is 52.5 Å². The normalized spacial score (nSPS) is 15.3. The third kappa shape index (κ3) is 2.16. The van der Waals surface area contributed by atoms with Crippen molar-refractivity contribution < 1.29 is 4.39 Å². The summed E-state index contributed by atoms with van der Waals surface area (Å²) in [4.78, 5) is 4.22. The Kier molecular flexibility index (Phi) is 3.03. The number of halogens is 2. The lowest BCUT2D eigenvalue weighted by Gasteiger charge is -2.25. The summed E-state index contributed by atoms with van der Waals surface area (Å²) in [6, 6.07) is 8.70. The standard InChI is InChI=1S/C16H12BrFN3/c17-11-4-5-12(13(18)8-11)14-9-16-19-7-6-15(21(16)20-14)10-2-1-3-10/h4-6,8-10H,1-3H2. The molecule has 1 saturated carbocycles. The van der Waals surface area contributed by atoms with Crippen LogP contribution in [-0.2, 0) is 0 Å². The van der Waals surface area contributed by atoms with Crippen molar-refractivity contribution in [3.63, 3.8) is 0 Å². The van der Waals surface area contributed by atoms with Crippen LogP contribution in [0.25, 0.3) is 16.9 Å². The van der Waals surface area contributed by atoms with Gasteiger partial charge < -0.3 is 0 Å².